The third-order valence-corrected chi connectivity index (χ3v) is 4.17. The average Bonchev–Trinajstić information content (AvgIpc) is 2.62. The Morgan fingerprint density at radius 3 is 1.64 bits per heavy atom. The Balaban J connectivity index is 2.14. The Morgan fingerprint density at radius 2 is 1.23 bits per heavy atom. The molecule has 1 nitrogen and oxygen atoms in total. The summed E-state index contributed by atoms with van der Waals surface area (Å²) in [7, 11) is 0. The number of nitrogens with zero attached hydrogens (tertiary/aromatic N) is 1. The lowest BCUT2D eigenvalue weighted by Crippen LogP contribution is -1.96. The van der Waals surface area contributed by atoms with E-state index in [9.17, 15) is 0 Å². The van der Waals surface area contributed by atoms with Crippen molar-refractivity contribution < 1.29 is 0 Å². The van der Waals surface area contributed by atoms with Gasteiger partial charge in [0, 0.05) is 11.1 Å². The normalized spacial score (nSPS) is 12.1. The zero-order valence-electron chi connectivity index (χ0n) is 13.2. The molecule has 3 rings (SSSR count). The van der Waals surface area contributed by atoms with E-state index in [1.807, 2.05) is 12.1 Å². The van der Waals surface area contributed by atoms with Gasteiger partial charge in [-0.15, -0.1) is 0 Å². The summed E-state index contributed by atoms with van der Waals surface area (Å²) in [6, 6.07) is 25.3. The smallest absolute Gasteiger partial charge is 0.0712 e. The molecule has 1 heterocycles. The molecule has 2 aromatic carbocycles. The summed E-state index contributed by atoms with van der Waals surface area (Å²) in [6.07, 6.45) is 1.13. The van der Waals surface area contributed by atoms with Gasteiger partial charge >= 0.3 is 0 Å². The molecule has 110 valence electrons. The van der Waals surface area contributed by atoms with E-state index >= 15 is 0 Å². The number of hydrogen-bond donors (Lipinski definition) is 0. The molecule has 1 atom stereocenters. The standard InChI is InChI=1S/C21H21N/c1-3-16(2)19-14-20(17-10-6-4-7-11-17)22-21(15-19)18-12-8-5-9-13-18/h4-16H,3H2,1-2H3. The largest absolute Gasteiger partial charge is 0.248 e. The fourth-order valence-electron chi connectivity index (χ4n) is 2.59. The van der Waals surface area contributed by atoms with E-state index in [4.69, 9.17) is 4.98 Å². The summed E-state index contributed by atoms with van der Waals surface area (Å²) in [6.45, 7) is 4.51. The molecule has 0 aliphatic heterocycles. The molecule has 22 heavy (non-hydrogen) atoms. The molecular formula is C21H21N. The SMILES string of the molecule is CCC(C)c1cc(-c2ccccc2)nc(-c2ccccc2)c1. The van der Waals surface area contributed by atoms with Crippen LogP contribution in [0.1, 0.15) is 31.7 Å². The molecule has 0 radical (unpaired) electrons. The molecule has 0 saturated carbocycles. The van der Waals surface area contributed by atoms with Crippen LogP contribution in [0, 0.1) is 0 Å². The van der Waals surface area contributed by atoms with Gasteiger partial charge in [-0.05, 0) is 30.0 Å². The van der Waals surface area contributed by atoms with Crippen LogP contribution in [-0.2, 0) is 0 Å². The van der Waals surface area contributed by atoms with Crippen molar-refractivity contribution in [2.75, 3.05) is 0 Å². The monoisotopic (exact) mass is 287 g/mol. The van der Waals surface area contributed by atoms with Crippen LogP contribution in [0.15, 0.2) is 72.8 Å². The Morgan fingerprint density at radius 1 is 0.773 bits per heavy atom. The zero-order chi connectivity index (χ0) is 15.4. The second-order valence-electron chi connectivity index (χ2n) is 5.71. The molecule has 0 spiro atoms. The van der Waals surface area contributed by atoms with Gasteiger partial charge in [-0.2, -0.15) is 0 Å². The van der Waals surface area contributed by atoms with Crippen LogP contribution in [0.5, 0.6) is 0 Å². The van der Waals surface area contributed by atoms with E-state index in [-0.39, 0.29) is 0 Å². The maximum atomic E-state index is 4.89. The first-order valence-corrected chi connectivity index (χ1v) is 7.90. The van der Waals surface area contributed by atoms with E-state index in [1.165, 1.54) is 16.7 Å². The quantitative estimate of drug-likeness (QED) is 0.579. The van der Waals surface area contributed by atoms with Crippen molar-refractivity contribution in [3.05, 3.63) is 78.4 Å². The van der Waals surface area contributed by atoms with Crippen molar-refractivity contribution in [2.45, 2.75) is 26.2 Å². The molecule has 0 fully saturated rings. The van der Waals surface area contributed by atoms with Crippen LogP contribution in [-0.4, -0.2) is 4.98 Å². The van der Waals surface area contributed by atoms with Crippen LogP contribution in [0.25, 0.3) is 22.5 Å². The van der Waals surface area contributed by atoms with E-state index < -0.39 is 0 Å². The van der Waals surface area contributed by atoms with Gasteiger partial charge in [-0.3, -0.25) is 0 Å². The third-order valence-electron chi connectivity index (χ3n) is 4.17. The molecule has 1 aromatic heterocycles. The molecular weight excluding hydrogens is 266 g/mol. The number of pyridine rings is 1. The van der Waals surface area contributed by atoms with E-state index in [0.29, 0.717) is 5.92 Å². The van der Waals surface area contributed by atoms with Crippen LogP contribution in [0.3, 0.4) is 0 Å². The minimum Gasteiger partial charge on any atom is -0.248 e. The Bertz CT molecular complexity index is 675. The lowest BCUT2D eigenvalue weighted by Gasteiger charge is -2.14. The van der Waals surface area contributed by atoms with Crippen molar-refractivity contribution in [3.8, 4) is 22.5 Å². The summed E-state index contributed by atoms with van der Waals surface area (Å²) in [5, 5.41) is 0. The fourth-order valence-corrected chi connectivity index (χ4v) is 2.59. The highest BCUT2D eigenvalue weighted by Crippen LogP contribution is 2.29. The lowest BCUT2D eigenvalue weighted by atomic mass is 9.95. The predicted molar refractivity (Wildman–Crippen MR) is 93.8 cm³/mol. The van der Waals surface area contributed by atoms with Crippen LogP contribution in [0.4, 0.5) is 0 Å². The molecule has 1 unspecified atom stereocenters. The van der Waals surface area contributed by atoms with Crippen molar-refractivity contribution in [1.82, 2.24) is 4.98 Å². The average molecular weight is 287 g/mol. The molecule has 0 amide bonds. The first-order chi connectivity index (χ1) is 10.8. The molecule has 0 aliphatic rings. The van der Waals surface area contributed by atoms with E-state index in [2.05, 4.69) is 74.5 Å². The van der Waals surface area contributed by atoms with E-state index in [1.54, 1.807) is 0 Å². The van der Waals surface area contributed by atoms with Crippen LogP contribution < -0.4 is 0 Å². The van der Waals surface area contributed by atoms with Gasteiger partial charge in [-0.25, -0.2) is 4.98 Å². The summed E-state index contributed by atoms with van der Waals surface area (Å²) >= 11 is 0. The highest BCUT2D eigenvalue weighted by Gasteiger charge is 2.10. The second kappa shape index (κ2) is 6.57. The van der Waals surface area contributed by atoms with Crippen molar-refractivity contribution in [1.29, 1.82) is 0 Å². The lowest BCUT2D eigenvalue weighted by molar-refractivity contribution is 0.733. The van der Waals surface area contributed by atoms with Crippen molar-refractivity contribution in [3.63, 3.8) is 0 Å². The number of hydrogen-bond acceptors (Lipinski definition) is 1. The topological polar surface area (TPSA) is 12.9 Å². The van der Waals surface area contributed by atoms with Gasteiger partial charge in [0.25, 0.3) is 0 Å². The maximum Gasteiger partial charge on any atom is 0.0712 e. The summed E-state index contributed by atoms with van der Waals surface area (Å²) in [4.78, 5) is 4.89. The summed E-state index contributed by atoms with van der Waals surface area (Å²) < 4.78 is 0. The first kappa shape index (κ1) is 14.5. The zero-order valence-corrected chi connectivity index (χ0v) is 13.2. The number of benzene rings is 2. The first-order valence-electron chi connectivity index (χ1n) is 7.90. The summed E-state index contributed by atoms with van der Waals surface area (Å²) in [5.41, 5.74) is 5.80. The van der Waals surface area contributed by atoms with Crippen molar-refractivity contribution >= 4 is 0 Å². The molecule has 0 N–H and O–H groups in total. The van der Waals surface area contributed by atoms with Crippen molar-refractivity contribution in [2.24, 2.45) is 0 Å². The minimum absolute atomic E-state index is 0.535. The third kappa shape index (κ3) is 3.09. The van der Waals surface area contributed by atoms with Crippen LogP contribution in [0.2, 0.25) is 0 Å². The molecule has 3 aromatic rings. The van der Waals surface area contributed by atoms with Gasteiger partial charge in [0.05, 0.1) is 11.4 Å². The van der Waals surface area contributed by atoms with Gasteiger partial charge in [0.2, 0.25) is 0 Å². The van der Waals surface area contributed by atoms with E-state index in [0.717, 1.165) is 17.8 Å². The van der Waals surface area contributed by atoms with Gasteiger partial charge in [-0.1, -0.05) is 74.5 Å². The highest BCUT2D eigenvalue weighted by atomic mass is 14.7. The molecule has 0 aliphatic carbocycles. The van der Waals surface area contributed by atoms with Gasteiger partial charge in [0.1, 0.15) is 0 Å². The summed E-state index contributed by atoms with van der Waals surface area (Å²) in [5.74, 6) is 0.535. The Kier molecular flexibility index (Phi) is 4.34. The van der Waals surface area contributed by atoms with Gasteiger partial charge < -0.3 is 0 Å². The van der Waals surface area contributed by atoms with Crippen LogP contribution >= 0.6 is 0 Å². The molecule has 1 heteroatoms. The fraction of sp³-hybridized carbons (Fsp3) is 0.190. The second-order valence-corrected chi connectivity index (χ2v) is 5.71. The number of rotatable bonds is 4. The highest BCUT2D eigenvalue weighted by molar-refractivity contribution is 5.67. The Labute approximate surface area is 132 Å². The molecule has 0 saturated heterocycles. The number of aromatic nitrogens is 1. The predicted octanol–water partition coefficient (Wildman–Crippen LogP) is 5.93. The maximum absolute atomic E-state index is 4.89. The Hall–Kier alpha value is -2.41. The molecule has 0 bridgehead atoms. The minimum atomic E-state index is 0.535. The van der Waals surface area contributed by atoms with Gasteiger partial charge in [0.15, 0.2) is 0 Å².